The Bertz CT molecular complexity index is 388. The molecular weight excluding hydrogens is 266 g/mol. The number of ether oxygens (including phenoxy) is 1. The lowest BCUT2D eigenvalue weighted by Gasteiger charge is -2.30. The Labute approximate surface area is 105 Å². The second-order valence-electron chi connectivity index (χ2n) is 4.63. The molecule has 0 spiro atoms. The number of hydrogen-bond acceptors (Lipinski definition) is 2. The molecule has 1 aromatic carbocycles. The molecule has 3 rings (SSSR count). The summed E-state index contributed by atoms with van der Waals surface area (Å²) < 4.78 is 6.87. The van der Waals surface area contributed by atoms with Crippen LogP contribution in [0.5, 0.6) is 5.75 Å². The van der Waals surface area contributed by atoms with Gasteiger partial charge in [-0.15, -0.1) is 0 Å². The SMILES string of the molecule is Brc1ccc2c(c1)C(C1CCCN1)CCO2. The van der Waals surface area contributed by atoms with Crippen molar-refractivity contribution >= 4 is 15.9 Å². The first-order valence-corrected chi connectivity index (χ1v) is 6.79. The number of nitrogens with one attached hydrogen (secondary N) is 1. The zero-order valence-electron chi connectivity index (χ0n) is 9.21. The van der Waals surface area contributed by atoms with Gasteiger partial charge in [0.2, 0.25) is 0 Å². The smallest absolute Gasteiger partial charge is 0.122 e. The zero-order valence-corrected chi connectivity index (χ0v) is 10.8. The van der Waals surface area contributed by atoms with Crippen LogP contribution in [0.25, 0.3) is 0 Å². The highest BCUT2D eigenvalue weighted by molar-refractivity contribution is 9.10. The Kier molecular flexibility index (Phi) is 2.90. The first kappa shape index (κ1) is 10.6. The van der Waals surface area contributed by atoms with E-state index in [1.807, 2.05) is 0 Å². The Morgan fingerprint density at radius 3 is 3.06 bits per heavy atom. The summed E-state index contributed by atoms with van der Waals surface area (Å²) in [7, 11) is 0. The van der Waals surface area contributed by atoms with Crippen molar-refractivity contribution < 1.29 is 4.74 Å². The summed E-state index contributed by atoms with van der Waals surface area (Å²) in [6.07, 6.45) is 3.75. The van der Waals surface area contributed by atoms with Gasteiger partial charge in [0.15, 0.2) is 0 Å². The molecule has 0 amide bonds. The Morgan fingerprint density at radius 2 is 2.25 bits per heavy atom. The summed E-state index contributed by atoms with van der Waals surface area (Å²) in [6.45, 7) is 2.03. The lowest BCUT2D eigenvalue weighted by Crippen LogP contribution is -2.32. The van der Waals surface area contributed by atoms with Crippen molar-refractivity contribution in [3.05, 3.63) is 28.2 Å². The van der Waals surface area contributed by atoms with Crippen molar-refractivity contribution in [3.63, 3.8) is 0 Å². The second kappa shape index (κ2) is 4.38. The summed E-state index contributed by atoms with van der Waals surface area (Å²) in [4.78, 5) is 0. The normalized spacial score (nSPS) is 28.6. The Hall–Kier alpha value is -0.540. The van der Waals surface area contributed by atoms with Crippen LogP contribution in [0.3, 0.4) is 0 Å². The van der Waals surface area contributed by atoms with Gasteiger partial charge in [0, 0.05) is 22.0 Å². The van der Waals surface area contributed by atoms with Crippen LogP contribution >= 0.6 is 15.9 Å². The van der Waals surface area contributed by atoms with Crippen LogP contribution in [0, 0.1) is 0 Å². The predicted molar refractivity (Wildman–Crippen MR) is 68.0 cm³/mol. The van der Waals surface area contributed by atoms with E-state index in [9.17, 15) is 0 Å². The topological polar surface area (TPSA) is 21.3 Å². The fraction of sp³-hybridized carbons (Fsp3) is 0.538. The molecule has 16 heavy (non-hydrogen) atoms. The molecule has 0 bridgehead atoms. The van der Waals surface area contributed by atoms with Gasteiger partial charge in [-0.1, -0.05) is 15.9 Å². The highest BCUT2D eigenvalue weighted by Gasteiger charge is 2.30. The van der Waals surface area contributed by atoms with Crippen LogP contribution in [0.1, 0.15) is 30.7 Å². The van der Waals surface area contributed by atoms with E-state index < -0.39 is 0 Å². The summed E-state index contributed by atoms with van der Waals surface area (Å²) in [5, 5.41) is 3.62. The minimum Gasteiger partial charge on any atom is -0.493 e. The molecule has 2 aliphatic rings. The van der Waals surface area contributed by atoms with Gasteiger partial charge in [0.1, 0.15) is 5.75 Å². The molecule has 86 valence electrons. The number of hydrogen-bond donors (Lipinski definition) is 1. The molecule has 3 heteroatoms. The molecule has 1 fully saturated rings. The van der Waals surface area contributed by atoms with E-state index in [1.54, 1.807) is 0 Å². The Balaban J connectivity index is 1.94. The fourth-order valence-corrected chi connectivity index (χ4v) is 3.24. The van der Waals surface area contributed by atoms with Crippen molar-refractivity contribution in [2.75, 3.05) is 13.2 Å². The van der Waals surface area contributed by atoms with E-state index in [-0.39, 0.29) is 0 Å². The molecule has 1 saturated heterocycles. The third-order valence-corrected chi connectivity index (χ3v) is 4.14. The number of benzene rings is 1. The molecule has 2 unspecified atom stereocenters. The van der Waals surface area contributed by atoms with Crippen molar-refractivity contribution in [2.24, 2.45) is 0 Å². The zero-order chi connectivity index (χ0) is 11.0. The van der Waals surface area contributed by atoms with Crippen molar-refractivity contribution in [1.29, 1.82) is 0 Å². The average Bonchev–Trinajstić information content (AvgIpc) is 2.81. The van der Waals surface area contributed by atoms with E-state index >= 15 is 0 Å². The van der Waals surface area contributed by atoms with Crippen LogP contribution < -0.4 is 10.1 Å². The van der Waals surface area contributed by atoms with Gasteiger partial charge in [0.25, 0.3) is 0 Å². The summed E-state index contributed by atoms with van der Waals surface area (Å²) in [5.41, 5.74) is 1.38. The van der Waals surface area contributed by atoms with E-state index in [0.717, 1.165) is 23.2 Å². The monoisotopic (exact) mass is 281 g/mol. The molecule has 2 aliphatic heterocycles. The maximum Gasteiger partial charge on any atom is 0.122 e. The molecule has 0 radical (unpaired) electrons. The van der Waals surface area contributed by atoms with Crippen LogP contribution in [-0.2, 0) is 0 Å². The van der Waals surface area contributed by atoms with Crippen LogP contribution in [0.15, 0.2) is 22.7 Å². The molecule has 0 aliphatic carbocycles. The average molecular weight is 282 g/mol. The van der Waals surface area contributed by atoms with Crippen LogP contribution in [-0.4, -0.2) is 19.2 Å². The Morgan fingerprint density at radius 1 is 1.31 bits per heavy atom. The quantitative estimate of drug-likeness (QED) is 0.854. The first-order valence-electron chi connectivity index (χ1n) is 6.00. The molecule has 2 heterocycles. The highest BCUT2D eigenvalue weighted by atomic mass is 79.9. The number of fused-ring (bicyclic) bond motifs is 1. The van der Waals surface area contributed by atoms with E-state index in [0.29, 0.717) is 12.0 Å². The van der Waals surface area contributed by atoms with Crippen LogP contribution in [0.4, 0.5) is 0 Å². The molecule has 0 aromatic heterocycles. The van der Waals surface area contributed by atoms with Gasteiger partial charge in [0.05, 0.1) is 6.61 Å². The van der Waals surface area contributed by atoms with Crippen molar-refractivity contribution in [3.8, 4) is 5.75 Å². The van der Waals surface area contributed by atoms with Gasteiger partial charge in [-0.2, -0.15) is 0 Å². The fourth-order valence-electron chi connectivity index (χ4n) is 2.86. The standard InChI is InChI=1S/C13H16BrNO/c14-9-3-4-13-11(8-9)10(5-7-16-13)12-2-1-6-15-12/h3-4,8,10,12,15H,1-2,5-7H2. The first-order chi connectivity index (χ1) is 7.84. The minimum absolute atomic E-state index is 0.628. The van der Waals surface area contributed by atoms with Crippen molar-refractivity contribution in [2.45, 2.75) is 31.2 Å². The second-order valence-corrected chi connectivity index (χ2v) is 5.54. The number of halogens is 1. The van der Waals surface area contributed by atoms with E-state index in [1.165, 1.54) is 24.9 Å². The van der Waals surface area contributed by atoms with E-state index in [4.69, 9.17) is 4.74 Å². The molecule has 2 atom stereocenters. The predicted octanol–water partition coefficient (Wildman–Crippen LogP) is 3.07. The largest absolute Gasteiger partial charge is 0.493 e. The van der Waals surface area contributed by atoms with Gasteiger partial charge in [-0.05, 0) is 44.0 Å². The third kappa shape index (κ3) is 1.87. The molecule has 2 nitrogen and oxygen atoms in total. The van der Waals surface area contributed by atoms with Crippen LogP contribution in [0.2, 0.25) is 0 Å². The highest BCUT2D eigenvalue weighted by Crippen LogP contribution is 2.39. The summed E-state index contributed by atoms with van der Waals surface area (Å²) in [5.74, 6) is 1.71. The van der Waals surface area contributed by atoms with Gasteiger partial charge in [-0.3, -0.25) is 0 Å². The summed E-state index contributed by atoms with van der Waals surface area (Å²) in [6, 6.07) is 7.01. The maximum absolute atomic E-state index is 5.72. The van der Waals surface area contributed by atoms with Crippen molar-refractivity contribution in [1.82, 2.24) is 5.32 Å². The molecule has 1 N–H and O–H groups in total. The lowest BCUT2D eigenvalue weighted by molar-refractivity contribution is 0.250. The lowest BCUT2D eigenvalue weighted by atomic mass is 9.86. The number of rotatable bonds is 1. The third-order valence-electron chi connectivity index (χ3n) is 3.64. The maximum atomic E-state index is 5.72. The summed E-state index contributed by atoms with van der Waals surface area (Å²) >= 11 is 3.55. The van der Waals surface area contributed by atoms with Gasteiger partial charge >= 0.3 is 0 Å². The van der Waals surface area contributed by atoms with Gasteiger partial charge in [-0.25, -0.2) is 0 Å². The molecular formula is C13H16BrNO. The minimum atomic E-state index is 0.628. The van der Waals surface area contributed by atoms with Gasteiger partial charge < -0.3 is 10.1 Å². The van der Waals surface area contributed by atoms with E-state index in [2.05, 4.69) is 39.4 Å². The molecule has 0 saturated carbocycles. The molecule has 1 aromatic rings.